The van der Waals surface area contributed by atoms with Gasteiger partial charge in [-0.15, -0.1) is 5.11 Å². The second-order valence-corrected chi connectivity index (χ2v) is 6.36. The van der Waals surface area contributed by atoms with E-state index in [4.69, 9.17) is 0 Å². The van der Waals surface area contributed by atoms with Crippen LogP contribution in [0.2, 0.25) is 0 Å². The molecule has 0 aromatic heterocycles. The van der Waals surface area contributed by atoms with Crippen LogP contribution in [0, 0.1) is 6.92 Å². The minimum absolute atomic E-state index is 0.146. The maximum atomic E-state index is 10.5. The molecule has 0 unspecified atom stereocenters. The lowest BCUT2D eigenvalue weighted by Gasteiger charge is -2.06. The molecule has 1 N–H and O–H groups in total. The van der Waals surface area contributed by atoms with E-state index in [1.807, 2.05) is 85.8 Å². The second-order valence-electron chi connectivity index (χ2n) is 6.36. The fourth-order valence-corrected chi connectivity index (χ4v) is 2.92. The molecule has 0 aliphatic rings. The first-order chi connectivity index (χ1) is 13.7. The predicted molar refractivity (Wildman–Crippen MR) is 112 cm³/mol. The zero-order valence-corrected chi connectivity index (χ0v) is 15.3. The van der Waals surface area contributed by atoms with E-state index in [2.05, 4.69) is 20.5 Å². The van der Waals surface area contributed by atoms with Crippen LogP contribution in [0.15, 0.2) is 105 Å². The van der Waals surface area contributed by atoms with Crippen LogP contribution in [0.5, 0.6) is 5.75 Å². The molecule has 5 heteroatoms. The Morgan fingerprint density at radius 3 is 1.86 bits per heavy atom. The molecule has 5 nitrogen and oxygen atoms in total. The van der Waals surface area contributed by atoms with Gasteiger partial charge in [-0.3, -0.25) is 0 Å². The van der Waals surface area contributed by atoms with Crippen molar-refractivity contribution < 1.29 is 5.11 Å². The van der Waals surface area contributed by atoms with Crippen LogP contribution in [-0.4, -0.2) is 5.11 Å². The third-order valence-electron chi connectivity index (χ3n) is 4.37. The summed E-state index contributed by atoms with van der Waals surface area (Å²) in [5, 5.41) is 29.2. The number of nitrogens with zero attached hydrogens (tertiary/aromatic N) is 4. The summed E-state index contributed by atoms with van der Waals surface area (Å²) >= 11 is 0. The van der Waals surface area contributed by atoms with E-state index in [0.29, 0.717) is 11.4 Å². The zero-order valence-electron chi connectivity index (χ0n) is 15.3. The summed E-state index contributed by atoms with van der Waals surface area (Å²) in [5.41, 5.74) is 3.64. The van der Waals surface area contributed by atoms with Crippen molar-refractivity contribution in [3.05, 3.63) is 90.5 Å². The van der Waals surface area contributed by atoms with Crippen molar-refractivity contribution in [3.63, 3.8) is 0 Å². The summed E-state index contributed by atoms with van der Waals surface area (Å²) in [6.07, 6.45) is 0. The molecular weight excluding hydrogens is 348 g/mol. The Hall–Kier alpha value is -3.86. The number of benzene rings is 4. The molecule has 0 aliphatic carbocycles. The zero-order chi connectivity index (χ0) is 19.3. The Morgan fingerprint density at radius 1 is 0.571 bits per heavy atom. The minimum atomic E-state index is 0.146. The van der Waals surface area contributed by atoms with Crippen molar-refractivity contribution in [3.8, 4) is 5.75 Å². The highest BCUT2D eigenvalue weighted by Crippen LogP contribution is 2.37. The van der Waals surface area contributed by atoms with Gasteiger partial charge in [0.1, 0.15) is 5.69 Å². The van der Waals surface area contributed by atoms with Crippen molar-refractivity contribution >= 4 is 33.5 Å². The normalized spacial score (nSPS) is 11.6. The molecule has 4 aromatic rings. The van der Waals surface area contributed by atoms with Gasteiger partial charge in [-0.05, 0) is 60.3 Å². The highest BCUT2D eigenvalue weighted by atomic mass is 16.3. The first-order valence-corrected chi connectivity index (χ1v) is 8.90. The van der Waals surface area contributed by atoms with Gasteiger partial charge in [-0.25, -0.2) is 0 Å². The average molecular weight is 366 g/mol. The Bertz CT molecular complexity index is 1170. The number of hydrogen-bond acceptors (Lipinski definition) is 5. The van der Waals surface area contributed by atoms with Gasteiger partial charge >= 0.3 is 0 Å². The smallest absolute Gasteiger partial charge is 0.151 e. The van der Waals surface area contributed by atoms with Crippen LogP contribution in [0.4, 0.5) is 22.7 Å². The van der Waals surface area contributed by atoms with Crippen molar-refractivity contribution in [2.75, 3.05) is 0 Å². The van der Waals surface area contributed by atoms with E-state index in [-0.39, 0.29) is 5.75 Å². The third kappa shape index (κ3) is 3.78. The van der Waals surface area contributed by atoms with E-state index in [1.54, 1.807) is 6.07 Å². The van der Waals surface area contributed by atoms with Crippen LogP contribution >= 0.6 is 0 Å². The topological polar surface area (TPSA) is 69.7 Å². The largest absolute Gasteiger partial charge is 0.505 e. The Balaban J connectivity index is 1.54. The fraction of sp³-hybridized carbons (Fsp3) is 0.0435. The van der Waals surface area contributed by atoms with Crippen molar-refractivity contribution in [1.82, 2.24) is 0 Å². The summed E-state index contributed by atoms with van der Waals surface area (Å²) in [4.78, 5) is 0. The number of rotatable bonds is 4. The fourth-order valence-electron chi connectivity index (χ4n) is 2.92. The molecule has 0 heterocycles. The van der Waals surface area contributed by atoms with E-state index in [0.717, 1.165) is 27.7 Å². The molecule has 4 aromatic carbocycles. The second kappa shape index (κ2) is 7.80. The molecule has 0 saturated heterocycles. The number of hydrogen-bond donors (Lipinski definition) is 1. The van der Waals surface area contributed by atoms with E-state index in [1.165, 1.54) is 0 Å². The van der Waals surface area contributed by atoms with Gasteiger partial charge in [0.05, 0.1) is 17.1 Å². The number of fused-ring (bicyclic) bond motifs is 1. The number of aryl methyl sites for hydroxylation is 1. The number of phenolic OH excluding ortho intramolecular Hbond substituents is 1. The molecule has 0 atom stereocenters. The Labute approximate surface area is 162 Å². The highest BCUT2D eigenvalue weighted by Gasteiger charge is 2.08. The lowest BCUT2D eigenvalue weighted by atomic mass is 10.0. The number of phenols is 1. The van der Waals surface area contributed by atoms with Gasteiger partial charge in [0.2, 0.25) is 0 Å². The molecule has 28 heavy (non-hydrogen) atoms. The molecule has 136 valence electrons. The summed E-state index contributed by atoms with van der Waals surface area (Å²) in [6.45, 7) is 1.96. The van der Waals surface area contributed by atoms with Gasteiger partial charge in [-0.2, -0.15) is 15.3 Å². The van der Waals surface area contributed by atoms with Gasteiger partial charge in [-0.1, -0.05) is 42.5 Å². The maximum absolute atomic E-state index is 10.5. The highest BCUT2D eigenvalue weighted by molar-refractivity contribution is 5.94. The maximum Gasteiger partial charge on any atom is 0.151 e. The van der Waals surface area contributed by atoms with E-state index >= 15 is 0 Å². The Morgan fingerprint density at radius 2 is 1.18 bits per heavy atom. The molecule has 0 fully saturated rings. The van der Waals surface area contributed by atoms with Crippen molar-refractivity contribution in [2.24, 2.45) is 20.5 Å². The van der Waals surface area contributed by atoms with Crippen LogP contribution in [-0.2, 0) is 0 Å². The summed E-state index contributed by atoms with van der Waals surface area (Å²) < 4.78 is 0. The molecule has 4 rings (SSSR count). The molecule has 0 bridgehead atoms. The Kier molecular flexibility index (Phi) is 4.89. The van der Waals surface area contributed by atoms with Crippen LogP contribution in [0.3, 0.4) is 0 Å². The first-order valence-electron chi connectivity index (χ1n) is 8.90. The van der Waals surface area contributed by atoms with Gasteiger partial charge < -0.3 is 5.11 Å². The number of azo groups is 2. The third-order valence-corrected chi connectivity index (χ3v) is 4.37. The molecule has 0 radical (unpaired) electrons. The van der Waals surface area contributed by atoms with Gasteiger partial charge in [0.25, 0.3) is 0 Å². The first kappa shape index (κ1) is 17.5. The van der Waals surface area contributed by atoms with Crippen molar-refractivity contribution in [1.29, 1.82) is 0 Å². The monoisotopic (exact) mass is 366 g/mol. The van der Waals surface area contributed by atoms with Crippen LogP contribution < -0.4 is 0 Å². The molecular formula is C23H18N4O. The average Bonchev–Trinajstić information content (AvgIpc) is 2.73. The SMILES string of the molecule is Cc1cccc2ccc(N=Nc3ccc(N=Nc4ccccc4)cc3)c(O)c12. The molecule has 0 aliphatic heterocycles. The summed E-state index contributed by atoms with van der Waals surface area (Å²) in [5.74, 6) is 0.146. The summed E-state index contributed by atoms with van der Waals surface area (Å²) in [7, 11) is 0. The van der Waals surface area contributed by atoms with E-state index < -0.39 is 0 Å². The molecule has 0 amide bonds. The lowest BCUT2D eigenvalue weighted by molar-refractivity contribution is 0.482. The quantitative estimate of drug-likeness (QED) is 0.370. The lowest BCUT2D eigenvalue weighted by Crippen LogP contribution is -1.79. The predicted octanol–water partition coefficient (Wildman–Crippen LogP) is 7.68. The molecule has 0 saturated carbocycles. The van der Waals surface area contributed by atoms with Crippen molar-refractivity contribution in [2.45, 2.75) is 6.92 Å². The standard InChI is InChI=1S/C23H18N4O/c1-16-6-5-7-17-10-15-21(23(28)22(16)17)27-26-20-13-11-19(12-14-20)25-24-18-8-3-2-4-9-18/h2-15,28H,1H3. The van der Waals surface area contributed by atoms with Gasteiger partial charge in [0.15, 0.2) is 5.75 Å². The number of aromatic hydroxyl groups is 1. The van der Waals surface area contributed by atoms with Crippen LogP contribution in [0.25, 0.3) is 10.8 Å². The minimum Gasteiger partial charge on any atom is -0.505 e. The molecule has 0 spiro atoms. The van der Waals surface area contributed by atoms with E-state index in [9.17, 15) is 5.11 Å². The van der Waals surface area contributed by atoms with Crippen LogP contribution in [0.1, 0.15) is 5.56 Å². The van der Waals surface area contributed by atoms with Gasteiger partial charge in [0, 0.05) is 5.39 Å². The summed E-state index contributed by atoms with van der Waals surface area (Å²) in [6, 6.07) is 26.4.